The summed E-state index contributed by atoms with van der Waals surface area (Å²) in [7, 11) is 0. The number of hydrogen-bond donors (Lipinski definition) is 1. The molecule has 0 aromatic heterocycles. The fraction of sp³-hybridized carbons (Fsp3) is 0.833. The second-order valence-corrected chi connectivity index (χ2v) is 2.44. The molecule has 1 fully saturated rings. The number of hydrogen-bond acceptors (Lipinski definition) is 3. The first-order valence-corrected chi connectivity index (χ1v) is 3.18. The van der Waals surface area contributed by atoms with Crippen molar-refractivity contribution in [1.29, 1.82) is 5.26 Å². The number of nitrogens with two attached hydrogens (primary N) is 1. The Morgan fingerprint density at radius 2 is 2.56 bits per heavy atom. The van der Waals surface area contributed by atoms with Gasteiger partial charge in [0.25, 0.3) is 0 Å². The zero-order valence-corrected chi connectivity index (χ0v) is 5.38. The molecule has 50 valence electrons. The number of nitriles is 1. The van der Waals surface area contributed by atoms with Crippen LogP contribution in [0.2, 0.25) is 0 Å². The molecule has 1 rings (SSSR count). The van der Waals surface area contributed by atoms with Gasteiger partial charge in [-0.05, 0) is 6.42 Å². The first kappa shape index (κ1) is 6.53. The largest absolute Gasteiger partial charge is 0.326 e. The maximum absolute atomic E-state index is 8.28. The molecule has 3 nitrogen and oxygen atoms in total. The van der Waals surface area contributed by atoms with Crippen molar-refractivity contribution in [2.75, 3.05) is 19.6 Å². The lowest BCUT2D eigenvalue weighted by molar-refractivity contribution is 0.376. The molecule has 0 bridgehead atoms. The first-order chi connectivity index (χ1) is 4.33. The van der Waals surface area contributed by atoms with E-state index in [2.05, 4.69) is 11.0 Å². The summed E-state index contributed by atoms with van der Waals surface area (Å²) >= 11 is 0. The van der Waals surface area contributed by atoms with Gasteiger partial charge in [-0.1, -0.05) is 0 Å². The molecule has 1 atom stereocenters. The van der Waals surface area contributed by atoms with Crippen LogP contribution in [0.1, 0.15) is 6.42 Å². The number of rotatable bonds is 1. The van der Waals surface area contributed by atoms with Crippen molar-refractivity contribution in [3.8, 4) is 6.07 Å². The second kappa shape index (κ2) is 2.81. The lowest BCUT2D eigenvalue weighted by Crippen LogP contribution is -2.26. The first-order valence-electron chi connectivity index (χ1n) is 3.18. The quantitative estimate of drug-likeness (QED) is 0.482. The van der Waals surface area contributed by atoms with Crippen LogP contribution >= 0.6 is 0 Å². The minimum atomic E-state index is 0.304. The normalized spacial score (nSPS) is 28.2. The van der Waals surface area contributed by atoms with E-state index in [0.717, 1.165) is 19.5 Å². The van der Waals surface area contributed by atoms with Crippen LogP contribution < -0.4 is 5.73 Å². The van der Waals surface area contributed by atoms with E-state index in [4.69, 9.17) is 11.0 Å². The Balaban J connectivity index is 2.24. The molecule has 1 saturated heterocycles. The molecule has 0 amide bonds. The van der Waals surface area contributed by atoms with Gasteiger partial charge in [0.2, 0.25) is 0 Å². The SMILES string of the molecule is N#CCN1CC[C@H](N)C1. The van der Waals surface area contributed by atoms with Gasteiger partial charge in [-0.2, -0.15) is 5.26 Å². The Morgan fingerprint density at radius 3 is 3.00 bits per heavy atom. The van der Waals surface area contributed by atoms with E-state index in [1.165, 1.54) is 0 Å². The smallest absolute Gasteiger partial charge is 0.0866 e. The Bertz CT molecular complexity index is 127. The standard InChI is InChI=1S/C6H11N3/c7-2-4-9-3-1-6(8)5-9/h6H,1,3-5,8H2/t6-/m0/s1. The van der Waals surface area contributed by atoms with Gasteiger partial charge < -0.3 is 5.73 Å². The summed E-state index contributed by atoms with van der Waals surface area (Å²) in [5.74, 6) is 0. The average molecular weight is 125 g/mol. The van der Waals surface area contributed by atoms with E-state index in [1.54, 1.807) is 0 Å². The highest BCUT2D eigenvalue weighted by atomic mass is 15.2. The minimum Gasteiger partial charge on any atom is -0.326 e. The van der Waals surface area contributed by atoms with Crippen molar-refractivity contribution < 1.29 is 0 Å². The third-order valence-electron chi connectivity index (χ3n) is 1.60. The lowest BCUT2D eigenvalue weighted by Gasteiger charge is -2.07. The molecule has 1 aliphatic heterocycles. The van der Waals surface area contributed by atoms with Gasteiger partial charge in [-0.25, -0.2) is 0 Å². The summed E-state index contributed by atoms with van der Waals surface area (Å²) in [6, 6.07) is 2.40. The van der Waals surface area contributed by atoms with Crippen molar-refractivity contribution >= 4 is 0 Å². The van der Waals surface area contributed by atoms with Gasteiger partial charge in [0.05, 0.1) is 12.6 Å². The predicted molar refractivity (Wildman–Crippen MR) is 34.6 cm³/mol. The molecular formula is C6H11N3. The molecular weight excluding hydrogens is 114 g/mol. The van der Waals surface area contributed by atoms with Gasteiger partial charge in [0, 0.05) is 19.1 Å². The fourth-order valence-electron chi connectivity index (χ4n) is 1.11. The molecule has 0 aliphatic carbocycles. The molecule has 2 N–H and O–H groups in total. The highest BCUT2D eigenvalue weighted by Crippen LogP contribution is 2.04. The van der Waals surface area contributed by atoms with Crippen LogP contribution in [0.3, 0.4) is 0 Å². The van der Waals surface area contributed by atoms with Gasteiger partial charge >= 0.3 is 0 Å². The Kier molecular flexibility index (Phi) is 2.04. The Morgan fingerprint density at radius 1 is 1.78 bits per heavy atom. The highest BCUT2D eigenvalue weighted by Gasteiger charge is 2.17. The molecule has 1 aliphatic rings. The van der Waals surface area contributed by atoms with Crippen LogP contribution in [0.5, 0.6) is 0 Å². The van der Waals surface area contributed by atoms with Crippen molar-refractivity contribution in [3.63, 3.8) is 0 Å². The van der Waals surface area contributed by atoms with Crippen LogP contribution in [-0.4, -0.2) is 30.6 Å². The van der Waals surface area contributed by atoms with Crippen LogP contribution in [0.25, 0.3) is 0 Å². The third-order valence-corrected chi connectivity index (χ3v) is 1.60. The number of nitrogens with zero attached hydrogens (tertiary/aromatic N) is 2. The van der Waals surface area contributed by atoms with E-state index in [-0.39, 0.29) is 0 Å². The zero-order chi connectivity index (χ0) is 6.69. The van der Waals surface area contributed by atoms with Gasteiger partial charge in [0.1, 0.15) is 0 Å². The summed E-state index contributed by atoms with van der Waals surface area (Å²) < 4.78 is 0. The molecule has 0 aromatic rings. The van der Waals surface area contributed by atoms with E-state index in [9.17, 15) is 0 Å². The summed E-state index contributed by atoms with van der Waals surface area (Å²) in [6.45, 7) is 2.43. The molecule has 0 saturated carbocycles. The second-order valence-electron chi connectivity index (χ2n) is 2.44. The highest BCUT2D eigenvalue weighted by molar-refractivity contribution is 4.84. The van der Waals surface area contributed by atoms with Crippen molar-refractivity contribution in [3.05, 3.63) is 0 Å². The van der Waals surface area contributed by atoms with Gasteiger partial charge in [0.15, 0.2) is 0 Å². The van der Waals surface area contributed by atoms with E-state index < -0.39 is 0 Å². The molecule has 0 spiro atoms. The molecule has 1 heterocycles. The number of likely N-dealkylation sites (tertiary alicyclic amines) is 1. The fourth-order valence-corrected chi connectivity index (χ4v) is 1.11. The maximum atomic E-state index is 8.28. The van der Waals surface area contributed by atoms with E-state index in [1.807, 2.05) is 0 Å². The Hall–Kier alpha value is -0.590. The lowest BCUT2D eigenvalue weighted by atomic mass is 10.3. The van der Waals surface area contributed by atoms with Gasteiger partial charge in [-0.15, -0.1) is 0 Å². The Labute approximate surface area is 55.1 Å². The summed E-state index contributed by atoms with van der Waals surface area (Å²) in [4.78, 5) is 2.07. The predicted octanol–water partition coefficient (Wildman–Crippen LogP) is -0.457. The van der Waals surface area contributed by atoms with E-state index in [0.29, 0.717) is 12.6 Å². The van der Waals surface area contributed by atoms with Gasteiger partial charge in [-0.3, -0.25) is 4.90 Å². The molecule has 0 radical (unpaired) electrons. The minimum absolute atomic E-state index is 0.304. The third kappa shape index (κ3) is 1.67. The van der Waals surface area contributed by atoms with Crippen LogP contribution in [0.4, 0.5) is 0 Å². The van der Waals surface area contributed by atoms with Crippen molar-refractivity contribution in [2.45, 2.75) is 12.5 Å². The summed E-state index contributed by atoms with van der Waals surface area (Å²) in [5.41, 5.74) is 5.60. The van der Waals surface area contributed by atoms with Crippen LogP contribution in [0, 0.1) is 11.3 Å². The summed E-state index contributed by atoms with van der Waals surface area (Å²) in [5, 5.41) is 8.28. The molecule has 0 aromatic carbocycles. The van der Waals surface area contributed by atoms with Crippen LogP contribution in [0.15, 0.2) is 0 Å². The maximum Gasteiger partial charge on any atom is 0.0866 e. The van der Waals surface area contributed by atoms with E-state index >= 15 is 0 Å². The van der Waals surface area contributed by atoms with Crippen molar-refractivity contribution in [1.82, 2.24) is 4.90 Å². The molecule has 9 heavy (non-hydrogen) atoms. The molecule has 0 unspecified atom stereocenters. The topological polar surface area (TPSA) is 53.0 Å². The monoisotopic (exact) mass is 125 g/mol. The average Bonchev–Trinajstić information content (AvgIpc) is 2.17. The molecule has 3 heteroatoms. The summed E-state index contributed by atoms with van der Waals surface area (Å²) in [6.07, 6.45) is 1.04. The van der Waals surface area contributed by atoms with Crippen LogP contribution in [-0.2, 0) is 0 Å². The zero-order valence-electron chi connectivity index (χ0n) is 5.38. The van der Waals surface area contributed by atoms with Crippen molar-refractivity contribution in [2.24, 2.45) is 5.73 Å².